The zero-order chi connectivity index (χ0) is 14.8. The molecule has 1 fully saturated rings. The molecule has 116 valence electrons. The van der Waals surface area contributed by atoms with Crippen molar-refractivity contribution in [2.24, 2.45) is 5.92 Å². The van der Waals surface area contributed by atoms with E-state index in [1.807, 2.05) is 11.9 Å². The second-order valence-electron chi connectivity index (χ2n) is 6.41. The first kappa shape index (κ1) is 14.5. The minimum absolute atomic E-state index is 0.0458. The van der Waals surface area contributed by atoms with Crippen LogP contribution in [0.4, 0.5) is 0 Å². The first-order valence-electron chi connectivity index (χ1n) is 7.86. The number of rotatable bonds is 3. The lowest BCUT2D eigenvalue weighted by Crippen LogP contribution is -2.40. The average molecular weight is 291 g/mol. The van der Waals surface area contributed by atoms with Crippen LogP contribution < -0.4 is 5.32 Å². The molecule has 1 aromatic rings. The lowest BCUT2D eigenvalue weighted by atomic mass is 9.97. The van der Waals surface area contributed by atoms with Crippen LogP contribution in [0.1, 0.15) is 34.6 Å². The van der Waals surface area contributed by atoms with Crippen molar-refractivity contribution in [3.8, 4) is 0 Å². The molecule has 1 unspecified atom stereocenters. The highest BCUT2D eigenvalue weighted by Gasteiger charge is 2.26. The van der Waals surface area contributed by atoms with Crippen LogP contribution in [-0.4, -0.2) is 66.2 Å². The zero-order valence-electron chi connectivity index (χ0n) is 13.0. The van der Waals surface area contributed by atoms with Crippen molar-refractivity contribution in [1.82, 2.24) is 25.3 Å². The van der Waals surface area contributed by atoms with Gasteiger partial charge in [-0.1, -0.05) is 0 Å². The number of hydrogen-bond donors (Lipinski definition) is 2. The Morgan fingerprint density at radius 2 is 2.38 bits per heavy atom. The molecule has 6 heteroatoms. The number of amides is 1. The summed E-state index contributed by atoms with van der Waals surface area (Å²) in [5, 5.41) is 10.6. The number of nitrogens with zero attached hydrogens (tertiary/aromatic N) is 3. The maximum atomic E-state index is 12.6. The van der Waals surface area contributed by atoms with Crippen molar-refractivity contribution in [3.05, 3.63) is 17.0 Å². The largest absolute Gasteiger partial charge is 0.340 e. The Morgan fingerprint density at radius 1 is 1.52 bits per heavy atom. The van der Waals surface area contributed by atoms with Crippen LogP contribution in [0.5, 0.6) is 0 Å². The van der Waals surface area contributed by atoms with Gasteiger partial charge in [-0.05, 0) is 32.4 Å². The van der Waals surface area contributed by atoms with Crippen LogP contribution in [0.2, 0.25) is 0 Å². The number of carbonyl (C=O) groups excluding carboxylic acids is 1. The van der Waals surface area contributed by atoms with Crippen LogP contribution in [-0.2, 0) is 13.0 Å². The molecule has 2 N–H and O–H groups in total. The number of piperidine rings is 1. The van der Waals surface area contributed by atoms with Crippen molar-refractivity contribution >= 4 is 5.91 Å². The summed E-state index contributed by atoms with van der Waals surface area (Å²) in [6, 6.07) is 0. The van der Waals surface area contributed by atoms with Gasteiger partial charge in [0.1, 0.15) is 0 Å². The molecule has 21 heavy (non-hydrogen) atoms. The van der Waals surface area contributed by atoms with Gasteiger partial charge in [0.25, 0.3) is 5.91 Å². The number of aromatic nitrogens is 2. The van der Waals surface area contributed by atoms with Gasteiger partial charge in [-0.2, -0.15) is 5.10 Å². The number of H-pyrrole nitrogens is 1. The van der Waals surface area contributed by atoms with Crippen molar-refractivity contribution in [3.63, 3.8) is 0 Å². The Hall–Kier alpha value is -1.40. The van der Waals surface area contributed by atoms with E-state index in [9.17, 15) is 4.79 Å². The monoisotopic (exact) mass is 291 g/mol. The number of likely N-dealkylation sites (tertiary alicyclic amines) is 1. The number of hydrogen-bond acceptors (Lipinski definition) is 4. The molecule has 6 nitrogen and oxygen atoms in total. The zero-order valence-corrected chi connectivity index (χ0v) is 13.0. The lowest BCUT2D eigenvalue weighted by molar-refractivity contribution is 0.0734. The van der Waals surface area contributed by atoms with E-state index < -0.39 is 0 Å². The summed E-state index contributed by atoms with van der Waals surface area (Å²) in [7, 11) is 4.05. The normalized spacial score (nSPS) is 22.9. The molecule has 0 bridgehead atoms. The second-order valence-corrected chi connectivity index (χ2v) is 6.41. The standard InChI is InChI=1S/C15H25N5O/c1-19-7-3-4-11(9-19)10-20(2)15(21)14-12-8-16-6-5-13(12)17-18-14/h11,16H,3-10H2,1-2H3,(H,17,18). The molecule has 1 amide bonds. The summed E-state index contributed by atoms with van der Waals surface area (Å²) in [6.45, 7) is 4.77. The molecule has 1 atom stereocenters. The average Bonchev–Trinajstić information content (AvgIpc) is 2.90. The Kier molecular flexibility index (Phi) is 4.26. The molecule has 0 radical (unpaired) electrons. The quantitative estimate of drug-likeness (QED) is 0.850. The van der Waals surface area contributed by atoms with E-state index in [-0.39, 0.29) is 5.91 Å². The molecule has 2 aliphatic rings. The first-order chi connectivity index (χ1) is 10.1. The Bertz CT molecular complexity index is 512. The minimum atomic E-state index is 0.0458. The number of nitrogens with one attached hydrogen (secondary N) is 2. The van der Waals surface area contributed by atoms with Gasteiger partial charge in [-0.15, -0.1) is 0 Å². The van der Waals surface area contributed by atoms with Crippen LogP contribution in [0, 0.1) is 5.92 Å². The highest BCUT2D eigenvalue weighted by Crippen LogP contribution is 2.19. The molecule has 0 aliphatic carbocycles. The van der Waals surface area contributed by atoms with Crippen LogP contribution >= 0.6 is 0 Å². The Morgan fingerprint density at radius 3 is 3.19 bits per heavy atom. The van der Waals surface area contributed by atoms with E-state index in [0.29, 0.717) is 11.6 Å². The van der Waals surface area contributed by atoms with Gasteiger partial charge in [0.15, 0.2) is 5.69 Å². The number of carbonyl (C=O) groups is 1. The van der Waals surface area contributed by atoms with E-state index in [4.69, 9.17) is 0 Å². The third-order valence-corrected chi connectivity index (χ3v) is 4.61. The van der Waals surface area contributed by atoms with Gasteiger partial charge in [-0.25, -0.2) is 0 Å². The van der Waals surface area contributed by atoms with Gasteiger partial charge in [0.05, 0.1) is 0 Å². The van der Waals surface area contributed by atoms with E-state index in [2.05, 4.69) is 27.5 Å². The van der Waals surface area contributed by atoms with Crippen LogP contribution in [0.3, 0.4) is 0 Å². The van der Waals surface area contributed by atoms with Crippen molar-refractivity contribution in [2.75, 3.05) is 40.3 Å². The van der Waals surface area contributed by atoms with Gasteiger partial charge in [0, 0.05) is 50.9 Å². The van der Waals surface area contributed by atoms with E-state index in [1.165, 1.54) is 19.4 Å². The molecule has 1 aromatic heterocycles. The number of aromatic amines is 1. The van der Waals surface area contributed by atoms with E-state index >= 15 is 0 Å². The van der Waals surface area contributed by atoms with Gasteiger partial charge in [-0.3, -0.25) is 9.89 Å². The Balaban J connectivity index is 1.65. The highest BCUT2D eigenvalue weighted by atomic mass is 16.2. The van der Waals surface area contributed by atoms with Gasteiger partial charge >= 0.3 is 0 Å². The summed E-state index contributed by atoms with van der Waals surface area (Å²) in [5.41, 5.74) is 2.77. The van der Waals surface area contributed by atoms with Crippen molar-refractivity contribution in [1.29, 1.82) is 0 Å². The molecule has 0 spiro atoms. The predicted molar refractivity (Wildman–Crippen MR) is 81.2 cm³/mol. The predicted octanol–water partition coefficient (Wildman–Crippen LogP) is 0.469. The van der Waals surface area contributed by atoms with Gasteiger partial charge < -0.3 is 15.1 Å². The molecular formula is C15H25N5O. The molecule has 0 aromatic carbocycles. The molecule has 2 aliphatic heterocycles. The minimum Gasteiger partial charge on any atom is -0.340 e. The maximum Gasteiger partial charge on any atom is 0.274 e. The molecule has 3 rings (SSSR count). The highest BCUT2D eigenvalue weighted by molar-refractivity contribution is 5.93. The number of fused-ring (bicyclic) bond motifs is 1. The van der Waals surface area contributed by atoms with Crippen LogP contribution in [0.25, 0.3) is 0 Å². The first-order valence-corrected chi connectivity index (χ1v) is 7.86. The molecule has 1 saturated heterocycles. The fourth-order valence-electron chi connectivity index (χ4n) is 3.48. The maximum absolute atomic E-state index is 12.6. The fraction of sp³-hybridized carbons (Fsp3) is 0.733. The summed E-state index contributed by atoms with van der Waals surface area (Å²) in [6.07, 6.45) is 3.36. The Labute approximate surface area is 125 Å². The molecule has 0 saturated carbocycles. The smallest absolute Gasteiger partial charge is 0.274 e. The van der Waals surface area contributed by atoms with Crippen LogP contribution in [0.15, 0.2) is 0 Å². The third-order valence-electron chi connectivity index (χ3n) is 4.61. The van der Waals surface area contributed by atoms with E-state index in [1.54, 1.807) is 0 Å². The topological polar surface area (TPSA) is 64.3 Å². The lowest BCUT2D eigenvalue weighted by Gasteiger charge is -2.32. The van der Waals surface area contributed by atoms with Gasteiger partial charge in [0.2, 0.25) is 0 Å². The summed E-state index contributed by atoms with van der Waals surface area (Å²) < 4.78 is 0. The SMILES string of the molecule is CN1CCCC(CN(C)C(=O)c2n[nH]c3c2CNCC3)C1. The summed E-state index contributed by atoms with van der Waals surface area (Å²) in [4.78, 5) is 16.8. The second kappa shape index (κ2) is 6.15. The van der Waals surface area contributed by atoms with Crippen molar-refractivity contribution in [2.45, 2.75) is 25.8 Å². The molecular weight excluding hydrogens is 266 g/mol. The van der Waals surface area contributed by atoms with Crippen molar-refractivity contribution < 1.29 is 4.79 Å². The molecule has 3 heterocycles. The van der Waals surface area contributed by atoms with E-state index in [0.717, 1.165) is 43.9 Å². The summed E-state index contributed by atoms with van der Waals surface area (Å²) >= 11 is 0. The fourth-order valence-corrected chi connectivity index (χ4v) is 3.48. The summed E-state index contributed by atoms with van der Waals surface area (Å²) in [5.74, 6) is 0.620. The third kappa shape index (κ3) is 3.11.